The second kappa shape index (κ2) is 6.49. The van der Waals surface area contributed by atoms with Gasteiger partial charge in [-0.05, 0) is 37.2 Å². The van der Waals surface area contributed by atoms with Crippen molar-refractivity contribution in [1.29, 1.82) is 0 Å². The molecule has 6 heteroatoms. The Morgan fingerprint density at radius 3 is 2.95 bits per heavy atom. The highest BCUT2D eigenvalue weighted by molar-refractivity contribution is 7.80. The van der Waals surface area contributed by atoms with Crippen LogP contribution in [0.3, 0.4) is 0 Å². The first-order valence-electron chi connectivity index (χ1n) is 6.22. The first-order chi connectivity index (χ1) is 9.16. The number of anilines is 1. The van der Waals surface area contributed by atoms with Gasteiger partial charge in [-0.2, -0.15) is 0 Å². The van der Waals surface area contributed by atoms with E-state index < -0.39 is 0 Å². The summed E-state index contributed by atoms with van der Waals surface area (Å²) in [6, 6.07) is 7.11. The minimum atomic E-state index is -0.158. The van der Waals surface area contributed by atoms with Crippen molar-refractivity contribution < 1.29 is 9.53 Å². The molecule has 102 valence electrons. The zero-order valence-electron chi connectivity index (χ0n) is 10.5. The first kappa shape index (κ1) is 13.8. The number of nitrogens with two attached hydrogens (primary N) is 1. The summed E-state index contributed by atoms with van der Waals surface area (Å²) in [4.78, 5) is 12.1. The van der Waals surface area contributed by atoms with Gasteiger partial charge in [0.2, 0.25) is 0 Å². The molecule has 4 N–H and O–H groups in total. The fourth-order valence-corrected chi connectivity index (χ4v) is 2.14. The average molecular weight is 279 g/mol. The van der Waals surface area contributed by atoms with Gasteiger partial charge in [-0.3, -0.25) is 4.79 Å². The van der Waals surface area contributed by atoms with E-state index in [2.05, 4.69) is 10.6 Å². The molecule has 2 rings (SSSR count). The standard InChI is InChI=1S/C13H17N3O2S/c14-13(19)16-11-6-2-1-5-10(11)12(17)15-8-9-4-3-7-18-9/h1-2,5-6,9H,3-4,7-8H2,(H,15,17)(H3,14,16,19). The highest BCUT2D eigenvalue weighted by Gasteiger charge is 2.17. The van der Waals surface area contributed by atoms with E-state index >= 15 is 0 Å². The normalized spacial score (nSPS) is 18.0. The van der Waals surface area contributed by atoms with Gasteiger partial charge in [0.05, 0.1) is 17.4 Å². The highest BCUT2D eigenvalue weighted by Crippen LogP contribution is 2.15. The maximum absolute atomic E-state index is 12.1. The van der Waals surface area contributed by atoms with E-state index in [0.717, 1.165) is 19.4 Å². The SMILES string of the molecule is NC(=S)Nc1ccccc1C(=O)NCC1CCCO1. The summed E-state index contributed by atoms with van der Waals surface area (Å²) in [7, 11) is 0. The van der Waals surface area contributed by atoms with Gasteiger partial charge in [-0.25, -0.2) is 0 Å². The molecule has 1 unspecified atom stereocenters. The number of carbonyl (C=O) groups is 1. The van der Waals surface area contributed by atoms with E-state index in [0.29, 0.717) is 17.8 Å². The van der Waals surface area contributed by atoms with Crippen molar-refractivity contribution in [2.75, 3.05) is 18.5 Å². The Labute approximate surface area is 117 Å². The van der Waals surface area contributed by atoms with E-state index in [1.807, 2.05) is 6.07 Å². The van der Waals surface area contributed by atoms with Gasteiger partial charge in [0.15, 0.2) is 5.11 Å². The number of ether oxygens (including phenoxy) is 1. The molecule has 5 nitrogen and oxygen atoms in total. The lowest BCUT2D eigenvalue weighted by Crippen LogP contribution is -2.32. The molecule has 0 spiro atoms. The molecular weight excluding hydrogens is 262 g/mol. The Kier molecular flexibility index (Phi) is 4.70. The fourth-order valence-electron chi connectivity index (χ4n) is 2.03. The molecule has 1 aromatic carbocycles. The molecule has 0 aromatic heterocycles. The van der Waals surface area contributed by atoms with Crippen LogP contribution in [0, 0.1) is 0 Å². The third-order valence-electron chi connectivity index (χ3n) is 2.94. The number of hydrogen-bond donors (Lipinski definition) is 3. The molecule has 1 atom stereocenters. The van der Waals surface area contributed by atoms with Gasteiger partial charge in [0, 0.05) is 13.2 Å². The second-order valence-electron chi connectivity index (χ2n) is 4.38. The summed E-state index contributed by atoms with van der Waals surface area (Å²) >= 11 is 4.79. The van der Waals surface area contributed by atoms with Crippen molar-refractivity contribution in [3.63, 3.8) is 0 Å². The van der Waals surface area contributed by atoms with Gasteiger partial charge in [-0.15, -0.1) is 0 Å². The van der Waals surface area contributed by atoms with Gasteiger partial charge in [0.1, 0.15) is 0 Å². The number of benzene rings is 1. The number of para-hydroxylation sites is 1. The minimum Gasteiger partial charge on any atom is -0.376 e. The zero-order valence-corrected chi connectivity index (χ0v) is 11.3. The number of amides is 1. The lowest BCUT2D eigenvalue weighted by molar-refractivity contribution is 0.0858. The van der Waals surface area contributed by atoms with Crippen LogP contribution in [0.4, 0.5) is 5.69 Å². The maximum Gasteiger partial charge on any atom is 0.253 e. The van der Waals surface area contributed by atoms with Gasteiger partial charge in [-0.1, -0.05) is 12.1 Å². The topological polar surface area (TPSA) is 76.4 Å². The Morgan fingerprint density at radius 2 is 2.26 bits per heavy atom. The van der Waals surface area contributed by atoms with Gasteiger partial charge in [0.25, 0.3) is 5.91 Å². The Hall–Kier alpha value is -1.66. The average Bonchev–Trinajstić information content (AvgIpc) is 2.89. The second-order valence-corrected chi connectivity index (χ2v) is 4.82. The van der Waals surface area contributed by atoms with Crippen LogP contribution < -0.4 is 16.4 Å². The third-order valence-corrected chi connectivity index (χ3v) is 3.05. The van der Waals surface area contributed by atoms with E-state index in [-0.39, 0.29) is 17.1 Å². The summed E-state index contributed by atoms with van der Waals surface area (Å²) in [6.07, 6.45) is 2.17. The number of rotatable bonds is 4. The van der Waals surface area contributed by atoms with E-state index in [1.54, 1.807) is 18.2 Å². The number of nitrogens with one attached hydrogen (secondary N) is 2. The van der Waals surface area contributed by atoms with Crippen molar-refractivity contribution in [3.05, 3.63) is 29.8 Å². The molecule has 0 bridgehead atoms. The largest absolute Gasteiger partial charge is 0.376 e. The van der Waals surface area contributed by atoms with E-state index in [9.17, 15) is 4.79 Å². The number of hydrogen-bond acceptors (Lipinski definition) is 3. The van der Waals surface area contributed by atoms with Crippen molar-refractivity contribution in [3.8, 4) is 0 Å². The van der Waals surface area contributed by atoms with Crippen LogP contribution in [0.5, 0.6) is 0 Å². The van der Waals surface area contributed by atoms with Gasteiger partial charge < -0.3 is 21.1 Å². The Balaban J connectivity index is 1.99. The molecule has 1 amide bonds. The molecule has 0 radical (unpaired) electrons. The monoisotopic (exact) mass is 279 g/mol. The summed E-state index contributed by atoms with van der Waals surface area (Å²) in [5, 5.41) is 5.80. The van der Waals surface area contributed by atoms with E-state index in [4.69, 9.17) is 22.7 Å². The van der Waals surface area contributed by atoms with Crippen LogP contribution in [0.25, 0.3) is 0 Å². The molecule has 1 aromatic rings. The lowest BCUT2D eigenvalue weighted by atomic mass is 10.1. The number of carbonyl (C=O) groups excluding carboxylic acids is 1. The summed E-state index contributed by atoms with van der Waals surface area (Å²) < 4.78 is 5.46. The molecule has 1 aliphatic heterocycles. The molecule has 0 saturated carbocycles. The summed E-state index contributed by atoms with van der Waals surface area (Å²) in [5.74, 6) is -0.158. The van der Waals surface area contributed by atoms with Crippen LogP contribution in [-0.4, -0.2) is 30.3 Å². The van der Waals surface area contributed by atoms with Crippen LogP contribution in [0.15, 0.2) is 24.3 Å². The van der Waals surface area contributed by atoms with E-state index in [1.165, 1.54) is 0 Å². The predicted octanol–water partition coefficient (Wildman–Crippen LogP) is 1.25. The lowest BCUT2D eigenvalue weighted by Gasteiger charge is -2.13. The highest BCUT2D eigenvalue weighted by atomic mass is 32.1. The Bertz CT molecular complexity index is 473. The molecule has 19 heavy (non-hydrogen) atoms. The zero-order chi connectivity index (χ0) is 13.7. The molecule has 1 heterocycles. The van der Waals surface area contributed by atoms with Crippen molar-refractivity contribution >= 4 is 28.9 Å². The molecule has 1 saturated heterocycles. The first-order valence-corrected chi connectivity index (χ1v) is 6.63. The van der Waals surface area contributed by atoms with Crippen molar-refractivity contribution in [2.24, 2.45) is 5.73 Å². The van der Waals surface area contributed by atoms with Gasteiger partial charge >= 0.3 is 0 Å². The molecular formula is C13H17N3O2S. The Morgan fingerprint density at radius 1 is 1.47 bits per heavy atom. The quantitative estimate of drug-likeness (QED) is 0.723. The number of thiocarbonyl (C=S) groups is 1. The molecule has 0 aliphatic carbocycles. The summed E-state index contributed by atoms with van der Waals surface area (Å²) in [6.45, 7) is 1.31. The molecule has 1 fully saturated rings. The van der Waals surface area contributed by atoms with Crippen molar-refractivity contribution in [1.82, 2.24) is 5.32 Å². The van der Waals surface area contributed by atoms with Crippen LogP contribution in [-0.2, 0) is 4.74 Å². The van der Waals surface area contributed by atoms with Crippen LogP contribution in [0.2, 0.25) is 0 Å². The van der Waals surface area contributed by atoms with Crippen LogP contribution in [0.1, 0.15) is 23.2 Å². The maximum atomic E-state index is 12.1. The predicted molar refractivity (Wildman–Crippen MR) is 78.2 cm³/mol. The minimum absolute atomic E-state index is 0.125. The smallest absolute Gasteiger partial charge is 0.253 e. The fraction of sp³-hybridized carbons (Fsp3) is 0.385. The van der Waals surface area contributed by atoms with Crippen molar-refractivity contribution in [2.45, 2.75) is 18.9 Å². The third kappa shape index (κ3) is 3.90. The summed E-state index contributed by atoms with van der Waals surface area (Å²) in [5.41, 5.74) is 6.57. The molecule has 1 aliphatic rings. The van der Waals surface area contributed by atoms with Crippen LogP contribution >= 0.6 is 12.2 Å².